The van der Waals surface area contributed by atoms with Crippen molar-refractivity contribution < 1.29 is 9.66 Å². The zero-order valence-electron chi connectivity index (χ0n) is 14.0. The van der Waals surface area contributed by atoms with Crippen LogP contribution in [0.3, 0.4) is 0 Å². The topological polar surface area (TPSA) is 90.2 Å². The van der Waals surface area contributed by atoms with Gasteiger partial charge < -0.3 is 10.1 Å². The Kier molecular flexibility index (Phi) is 4.74. The summed E-state index contributed by atoms with van der Waals surface area (Å²) in [5.41, 5.74) is 1.75. The summed E-state index contributed by atoms with van der Waals surface area (Å²) in [4.78, 5) is 19.3. The molecule has 0 aliphatic carbocycles. The van der Waals surface area contributed by atoms with E-state index in [2.05, 4.69) is 15.3 Å². The van der Waals surface area contributed by atoms with Gasteiger partial charge in [0.1, 0.15) is 17.4 Å². The molecule has 7 heteroatoms. The van der Waals surface area contributed by atoms with Crippen molar-refractivity contribution in [2.24, 2.45) is 0 Å². The number of rotatable bonds is 6. The van der Waals surface area contributed by atoms with Crippen LogP contribution in [-0.4, -0.2) is 21.5 Å². The highest BCUT2D eigenvalue weighted by molar-refractivity contribution is 5.90. The number of ether oxygens (including phenoxy) is 1. The van der Waals surface area contributed by atoms with Crippen LogP contribution >= 0.6 is 0 Å². The number of aromatic nitrogens is 2. The highest BCUT2D eigenvalue weighted by Crippen LogP contribution is 2.25. The first-order chi connectivity index (χ1) is 12.1. The number of benzene rings is 2. The maximum absolute atomic E-state index is 11.0. The van der Waals surface area contributed by atoms with Crippen molar-refractivity contribution in [3.8, 4) is 5.75 Å². The van der Waals surface area contributed by atoms with Crippen molar-refractivity contribution >= 4 is 22.4 Å². The molecule has 0 unspecified atom stereocenters. The second kappa shape index (κ2) is 7.12. The minimum absolute atomic E-state index is 0.0177. The Morgan fingerprint density at radius 2 is 1.92 bits per heavy atom. The molecule has 0 fully saturated rings. The molecule has 7 nitrogen and oxygen atoms in total. The molecular weight excluding hydrogens is 320 g/mol. The summed E-state index contributed by atoms with van der Waals surface area (Å²) in [6, 6.07) is 12.3. The Hall–Kier alpha value is -3.22. The minimum atomic E-state index is -0.421. The Labute approximate surface area is 144 Å². The molecule has 1 N–H and O–H groups in total. The van der Waals surface area contributed by atoms with Crippen LogP contribution in [0, 0.1) is 17.0 Å². The van der Waals surface area contributed by atoms with E-state index in [-0.39, 0.29) is 5.69 Å². The zero-order chi connectivity index (χ0) is 17.8. The molecule has 25 heavy (non-hydrogen) atoms. The molecule has 0 saturated heterocycles. The van der Waals surface area contributed by atoms with Crippen molar-refractivity contribution in [2.75, 3.05) is 11.9 Å². The third kappa shape index (κ3) is 3.82. The summed E-state index contributed by atoms with van der Waals surface area (Å²) < 4.78 is 5.43. The van der Waals surface area contributed by atoms with E-state index >= 15 is 0 Å². The molecule has 1 heterocycles. The van der Waals surface area contributed by atoms with Gasteiger partial charge >= 0.3 is 0 Å². The number of aryl methyl sites for hydroxylation is 1. The molecule has 0 aliphatic rings. The lowest BCUT2D eigenvalue weighted by Crippen LogP contribution is -2.04. The average molecular weight is 338 g/mol. The molecule has 0 amide bonds. The number of fused-ring (bicyclic) bond motifs is 1. The fourth-order valence-corrected chi connectivity index (χ4v) is 2.54. The van der Waals surface area contributed by atoms with Crippen LogP contribution in [0.4, 0.5) is 11.5 Å². The van der Waals surface area contributed by atoms with Gasteiger partial charge in [0.05, 0.1) is 17.0 Å². The lowest BCUT2D eigenvalue weighted by molar-refractivity contribution is -0.384. The number of nitrogens with zero attached hydrogens (tertiary/aromatic N) is 3. The van der Waals surface area contributed by atoms with E-state index in [1.165, 1.54) is 12.1 Å². The highest BCUT2D eigenvalue weighted by atomic mass is 16.6. The van der Waals surface area contributed by atoms with Gasteiger partial charge in [0.15, 0.2) is 0 Å². The molecule has 0 aliphatic heterocycles. The van der Waals surface area contributed by atoms with Gasteiger partial charge in [-0.1, -0.05) is 12.1 Å². The second-order valence-electron chi connectivity index (χ2n) is 5.51. The van der Waals surface area contributed by atoms with Gasteiger partial charge in [-0.15, -0.1) is 0 Å². The quantitative estimate of drug-likeness (QED) is 0.542. The fourth-order valence-electron chi connectivity index (χ4n) is 2.54. The normalized spacial score (nSPS) is 10.6. The Morgan fingerprint density at radius 1 is 1.16 bits per heavy atom. The smallest absolute Gasteiger partial charge is 0.270 e. The Balaban J connectivity index is 1.86. The summed E-state index contributed by atoms with van der Waals surface area (Å²) in [6.07, 6.45) is 0. The monoisotopic (exact) mass is 338 g/mol. The van der Waals surface area contributed by atoms with E-state index in [0.717, 1.165) is 11.3 Å². The van der Waals surface area contributed by atoms with Gasteiger partial charge in [-0.25, -0.2) is 9.97 Å². The first kappa shape index (κ1) is 16.6. The summed E-state index contributed by atoms with van der Waals surface area (Å²) in [6.45, 7) is 4.91. The second-order valence-corrected chi connectivity index (χ2v) is 5.51. The first-order valence-corrected chi connectivity index (χ1v) is 7.95. The van der Waals surface area contributed by atoms with E-state index in [4.69, 9.17) is 4.74 Å². The predicted octanol–water partition coefficient (Wildman–Crippen LogP) is 3.86. The van der Waals surface area contributed by atoms with Crippen LogP contribution in [0.15, 0.2) is 42.5 Å². The summed E-state index contributed by atoms with van der Waals surface area (Å²) >= 11 is 0. The van der Waals surface area contributed by atoms with Gasteiger partial charge in [-0.2, -0.15) is 0 Å². The number of anilines is 1. The van der Waals surface area contributed by atoms with Gasteiger partial charge in [-0.3, -0.25) is 10.1 Å². The molecule has 0 spiro atoms. The number of hydrogen-bond acceptors (Lipinski definition) is 6. The lowest BCUT2D eigenvalue weighted by atomic mass is 10.2. The molecule has 3 rings (SSSR count). The SMILES string of the molecule is CCOc1ccc(CNc2nc(C)nc3ccc([N+](=O)[O-])cc23)cc1. The zero-order valence-corrected chi connectivity index (χ0v) is 14.0. The molecule has 1 aromatic heterocycles. The van der Waals surface area contributed by atoms with E-state index < -0.39 is 4.92 Å². The number of nitro benzene ring substituents is 1. The van der Waals surface area contributed by atoms with Crippen LogP contribution in [0.5, 0.6) is 5.75 Å². The van der Waals surface area contributed by atoms with Gasteiger partial charge in [0, 0.05) is 24.1 Å². The van der Waals surface area contributed by atoms with Crippen molar-refractivity contribution in [3.63, 3.8) is 0 Å². The molecular formula is C18H18N4O3. The van der Waals surface area contributed by atoms with Gasteiger partial charge in [0.2, 0.25) is 0 Å². The molecule has 128 valence electrons. The van der Waals surface area contributed by atoms with Crippen LogP contribution in [0.2, 0.25) is 0 Å². The largest absolute Gasteiger partial charge is 0.494 e. The maximum atomic E-state index is 11.0. The van der Waals surface area contributed by atoms with Crippen LogP contribution < -0.4 is 10.1 Å². The third-order valence-electron chi connectivity index (χ3n) is 3.70. The van der Waals surface area contributed by atoms with E-state index in [9.17, 15) is 10.1 Å². The molecule has 0 bridgehead atoms. The van der Waals surface area contributed by atoms with Crippen molar-refractivity contribution in [2.45, 2.75) is 20.4 Å². The Bertz CT molecular complexity index is 910. The lowest BCUT2D eigenvalue weighted by Gasteiger charge is -2.10. The number of hydrogen-bond donors (Lipinski definition) is 1. The standard InChI is InChI=1S/C18H18N4O3/c1-3-25-15-7-4-13(5-8-15)11-19-18-16-10-14(22(23)24)6-9-17(16)20-12(2)21-18/h4-10H,3,11H2,1-2H3,(H,19,20,21). The molecule has 3 aromatic rings. The molecule has 0 radical (unpaired) electrons. The molecule has 0 atom stereocenters. The van der Waals surface area contributed by atoms with Crippen LogP contribution in [0.1, 0.15) is 18.3 Å². The number of nitrogens with one attached hydrogen (secondary N) is 1. The fraction of sp³-hybridized carbons (Fsp3) is 0.222. The Morgan fingerprint density at radius 3 is 2.60 bits per heavy atom. The predicted molar refractivity (Wildman–Crippen MR) is 95.9 cm³/mol. The van der Waals surface area contributed by atoms with E-state index in [0.29, 0.717) is 35.7 Å². The maximum Gasteiger partial charge on any atom is 0.270 e. The van der Waals surface area contributed by atoms with Crippen LogP contribution in [-0.2, 0) is 6.54 Å². The van der Waals surface area contributed by atoms with E-state index in [1.54, 1.807) is 13.0 Å². The van der Waals surface area contributed by atoms with Crippen LogP contribution in [0.25, 0.3) is 10.9 Å². The third-order valence-corrected chi connectivity index (χ3v) is 3.70. The summed E-state index contributed by atoms with van der Waals surface area (Å²) in [5.74, 6) is 2.01. The average Bonchev–Trinajstić information content (AvgIpc) is 2.60. The highest BCUT2D eigenvalue weighted by Gasteiger charge is 2.12. The number of non-ortho nitro benzene ring substituents is 1. The number of nitro groups is 1. The minimum Gasteiger partial charge on any atom is -0.494 e. The van der Waals surface area contributed by atoms with Gasteiger partial charge in [-0.05, 0) is 37.6 Å². The first-order valence-electron chi connectivity index (χ1n) is 7.95. The van der Waals surface area contributed by atoms with E-state index in [1.807, 2.05) is 31.2 Å². The van der Waals surface area contributed by atoms with Crippen molar-refractivity contribution in [3.05, 3.63) is 64.0 Å². The van der Waals surface area contributed by atoms with Gasteiger partial charge in [0.25, 0.3) is 5.69 Å². The van der Waals surface area contributed by atoms with Crippen molar-refractivity contribution in [1.82, 2.24) is 9.97 Å². The summed E-state index contributed by atoms with van der Waals surface area (Å²) in [7, 11) is 0. The molecule has 2 aromatic carbocycles. The van der Waals surface area contributed by atoms with Crippen molar-refractivity contribution in [1.29, 1.82) is 0 Å². The molecule has 0 saturated carbocycles. The summed E-state index contributed by atoms with van der Waals surface area (Å²) in [5, 5.41) is 14.9.